The van der Waals surface area contributed by atoms with Gasteiger partial charge in [0, 0.05) is 19.3 Å². The van der Waals surface area contributed by atoms with E-state index in [9.17, 15) is 4.79 Å². The van der Waals surface area contributed by atoms with Crippen molar-refractivity contribution in [1.82, 2.24) is 9.88 Å². The van der Waals surface area contributed by atoms with Crippen molar-refractivity contribution in [2.75, 3.05) is 18.8 Å². The van der Waals surface area contributed by atoms with Crippen LogP contribution >= 0.6 is 11.6 Å². The second kappa shape index (κ2) is 6.95. The van der Waals surface area contributed by atoms with E-state index in [1.807, 2.05) is 19.9 Å². The molecule has 2 N–H and O–H groups in total. The van der Waals surface area contributed by atoms with E-state index in [2.05, 4.69) is 4.98 Å². The van der Waals surface area contributed by atoms with Crippen molar-refractivity contribution in [2.24, 2.45) is 5.92 Å². The topological polar surface area (TPSA) is 83.0 Å². The summed E-state index contributed by atoms with van der Waals surface area (Å²) in [5.74, 6) is 0.334. The van der Waals surface area contributed by atoms with Gasteiger partial charge in [-0.25, -0.2) is 4.98 Å². The lowest BCUT2D eigenvalue weighted by atomic mass is 10.1. The number of hydrogen-bond acceptors (Lipinski definition) is 4. The molecule has 0 spiro atoms. The number of carbonyl (C=O) groups is 1. The summed E-state index contributed by atoms with van der Waals surface area (Å²) < 4.78 is 0. The van der Waals surface area contributed by atoms with Crippen LogP contribution in [0.1, 0.15) is 30.6 Å². The standard InChI is InChI=1S/C13H17ClN4O/c1-9(2)8-18(5-3-4-15)13(19)10-6-12(16)17-7-11(10)14/h6-7,9H,3,5,8H2,1-2H3,(H2,16,17). The summed E-state index contributed by atoms with van der Waals surface area (Å²) in [7, 11) is 0. The van der Waals surface area contributed by atoms with Crippen LogP contribution in [0.25, 0.3) is 0 Å². The molecule has 0 unspecified atom stereocenters. The Labute approximate surface area is 118 Å². The second-order valence-corrected chi connectivity index (χ2v) is 5.05. The second-order valence-electron chi connectivity index (χ2n) is 4.64. The Morgan fingerprint density at radius 1 is 1.63 bits per heavy atom. The lowest BCUT2D eigenvalue weighted by molar-refractivity contribution is 0.0740. The van der Waals surface area contributed by atoms with E-state index in [1.54, 1.807) is 4.90 Å². The number of rotatable bonds is 5. The third-order valence-electron chi connectivity index (χ3n) is 2.47. The van der Waals surface area contributed by atoms with Gasteiger partial charge in [-0.05, 0) is 12.0 Å². The monoisotopic (exact) mass is 280 g/mol. The number of nitriles is 1. The molecule has 0 saturated heterocycles. The van der Waals surface area contributed by atoms with Crippen LogP contribution in [-0.2, 0) is 0 Å². The number of carbonyl (C=O) groups excluding carboxylic acids is 1. The van der Waals surface area contributed by atoms with E-state index in [-0.39, 0.29) is 23.2 Å². The van der Waals surface area contributed by atoms with Gasteiger partial charge < -0.3 is 10.6 Å². The van der Waals surface area contributed by atoms with Gasteiger partial charge in [-0.1, -0.05) is 25.4 Å². The number of nitrogens with two attached hydrogens (primary N) is 1. The first-order valence-corrected chi connectivity index (χ1v) is 6.40. The van der Waals surface area contributed by atoms with Crippen LogP contribution in [0.3, 0.4) is 0 Å². The average molecular weight is 281 g/mol. The first-order valence-electron chi connectivity index (χ1n) is 6.03. The fraction of sp³-hybridized carbons (Fsp3) is 0.462. The molecule has 1 aromatic heterocycles. The number of nitrogens with zero attached hydrogens (tertiary/aromatic N) is 3. The minimum Gasteiger partial charge on any atom is -0.384 e. The predicted molar refractivity (Wildman–Crippen MR) is 74.6 cm³/mol. The molecule has 1 heterocycles. The highest BCUT2D eigenvalue weighted by Gasteiger charge is 2.19. The number of nitrogen functional groups attached to an aromatic ring is 1. The highest BCUT2D eigenvalue weighted by Crippen LogP contribution is 2.19. The molecule has 0 fully saturated rings. The third-order valence-corrected chi connectivity index (χ3v) is 2.77. The lowest BCUT2D eigenvalue weighted by Gasteiger charge is -2.24. The van der Waals surface area contributed by atoms with Crippen LogP contribution in [-0.4, -0.2) is 28.9 Å². The summed E-state index contributed by atoms with van der Waals surface area (Å²) in [6, 6.07) is 3.50. The Balaban J connectivity index is 2.97. The first kappa shape index (κ1) is 15.3. The average Bonchev–Trinajstić information content (AvgIpc) is 2.36. The Bertz CT molecular complexity index is 496. The van der Waals surface area contributed by atoms with Gasteiger partial charge in [-0.3, -0.25) is 4.79 Å². The van der Waals surface area contributed by atoms with Crippen LogP contribution in [0.2, 0.25) is 5.02 Å². The number of amides is 1. The molecule has 6 heteroatoms. The zero-order chi connectivity index (χ0) is 14.4. The number of anilines is 1. The Morgan fingerprint density at radius 3 is 2.89 bits per heavy atom. The van der Waals surface area contributed by atoms with Crippen LogP contribution in [0, 0.1) is 17.2 Å². The Kier molecular flexibility index (Phi) is 5.58. The van der Waals surface area contributed by atoms with E-state index >= 15 is 0 Å². The zero-order valence-electron chi connectivity index (χ0n) is 11.1. The normalized spacial score (nSPS) is 10.3. The van der Waals surface area contributed by atoms with Crippen LogP contribution < -0.4 is 5.73 Å². The summed E-state index contributed by atoms with van der Waals surface area (Å²) in [4.78, 5) is 17.9. The molecule has 0 aliphatic heterocycles. The molecule has 1 amide bonds. The van der Waals surface area contributed by atoms with Crippen molar-refractivity contribution < 1.29 is 4.79 Å². The minimum atomic E-state index is -0.219. The van der Waals surface area contributed by atoms with Gasteiger partial charge >= 0.3 is 0 Å². The molecule has 102 valence electrons. The quantitative estimate of drug-likeness (QED) is 0.897. The molecule has 0 saturated carbocycles. The van der Waals surface area contributed by atoms with Gasteiger partial charge in [0.1, 0.15) is 5.82 Å². The number of halogens is 1. The van der Waals surface area contributed by atoms with Crippen molar-refractivity contribution in [2.45, 2.75) is 20.3 Å². The summed E-state index contributed by atoms with van der Waals surface area (Å²) in [5.41, 5.74) is 5.90. The van der Waals surface area contributed by atoms with Crippen LogP contribution in [0.5, 0.6) is 0 Å². The van der Waals surface area contributed by atoms with Crippen molar-refractivity contribution in [3.8, 4) is 6.07 Å². The van der Waals surface area contributed by atoms with Crippen LogP contribution in [0.4, 0.5) is 5.82 Å². The zero-order valence-corrected chi connectivity index (χ0v) is 11.8. The molecule has 0 aliphatic rings. The van der Waals surface area contributed by atoms with E-state index < -0.39 is 0 Å². The Morgan fingerprint density at radius 2 is 2.32 bits per heavy atom. The smallest absolute Gasteiger partial charge is 0.255 e. The molecule has 0 aromatic carbocycles. The Hall–Kier alpha value is -1.80. The highest BCUT2D eigenvalue weighted by molar-refractivity contribution is 6.33. The maximum absolute atomic E-state index is 12.4. The van der Waals surface area contributed by atoms with Gasteiger partial charge in [0.05, 0.1) is 23.1 Å². The molecule has 0 bridgehead atoms. The van der Waals surface area contributed by atoms with E-state index in [0.717, 1.165) is 0 Å². The summed E-state index contributed by atoms with van der Waals surface area (Å²) >= 11 is 5.98. The SMILES string of the molecule is CC(C)CN(CCC#N)C(=O)c1cc(N)ncc1Cl. The highest BCUT2D eigenvalue weighted by atomic mass is 35.5. The van der Waals surface area contributed by atoms with E-state index in [4.69, 9.17) is 22.6 Å². The summed E-state index contributed by atoms with van der Waals surface area (Å²) in [6.07, 6.45) is 1.65. The van der Waals surface area contributed by atoms with Gasteiger partial charge in [-0.15, -0.1) is 0 Å². The van der Waals surface area contributed by atoms with E-state index in [1.165, 1.54) is 12.3 Å². The fourth-order valence-corrected chi connectivity index (χ4v) is 1.87. The molecule has 0 aliphatic carbocycles. The third kappa shape index (κ3) is 4.42. The van der Waals surface area contributed by atoms with Crippen molar-refractivity contribution in [1.29, 1.82) is 5.26 Å². The van der Waals surface area contributed by atoms with Crippen molar-refractivity contribution >= 4 is 23.3 Å². The van der Waals surface area contributed by atoms with Crippen molar-refractivity contribution in [3.63, 3.8) is 0 Å². The fourth-order valence-electron chi connectivity index (χ4n) is 1.69. The maximum Gasteiger partial charge on any atom is 0.255 e. The molecular formula is C13H17ClN4O. The molecule has 19 heavy (non-hydrogen) atoms. The molecule has 5 nitrogen and oxygen atoms in total. The minimum absolute atomic E-state index is 0.219. The summed E-state index contributed by atoms with van der Waals surface area (Å²) in [5, 5.41) is 8.92. The molecule has 0 radical (unpaired) electrons. The van der Waals surface area contributed by atoms with Crippen LogP contribution in [0.15, 0.2) is 12.3 Å². The first-order chi connectivity index (χ1) is 8.95. The predicted octanol–water partition coefficient (Wildman–Crippen LogP) is 2.33. The number of pyridine rings is 1. The van der Waals surface area contributed by atoms with Gasteiger partial charge in [0.2, 0.25) is 0 Å². The molecule has 1 rings (SSSR count). The molecule has 0 atom stereocenters. The van der Waals surface area contributed by atoms with E-state index in [0.29, 0.717) is 24.6 Å². The van der Waals surface area contributed by atoms with Gasteiger partial charge in [0.15, 0.2) is 0 Å². The number of aromatic nitrogens is 1. The van der Waals surface area contributed by atoms with Gasteiger partial charge in [0.25, 0.3) is 5.91 Å². The largest absolute Gasteiger partial charge is 0.384 e. The summed E-state index contributed by atoms with van der Waals surface area (Å²) in [6.45, 7) is 4.97. The maximum atomic E-state index is 12.4. The van der Waals surface area contributed by atoms with Gasteiger partial charge in [-0.2, -0.15) is 5.26 Å². The lowest BCUT2D eigenvalue weighted by Crippen LogP contribution is -2.35. The molecule has 1 aromatic rings. The number of hydrogen-bond donors (Lipinski definition) is 1. The molecular weight excluding hydrogens is 264 g/mol. The van der Waals surface area contributed by atoms with Crippen molar-refractivity contribution in [3.05, 3.63) is 22.8 Å².